The van der Waals surface area contributed by atoms with Crippen molar-refractivity contribution < 1.29 is 4.39 Å². The number of nitrogens with two attached hydrogens (primary N) is 1. The fourth-order valence-electron chi connectivity index (χ4n) is 0.144. The first-order chi connectivity index (χ1) is 3.12. The van der Waals surface area contributed by atoms with Gasteiger partial charge in [-0.25, -0.2) is 4.39 Å². The van der Waals surface area contributed by atoms with E-state index in [1.165, 1.54) is 6.92 Å². The van der Waals surface area contributed by atoms with E-state index in [9.17, 15) is 4.39 Å². The second-order valence-electron chi connectivity index (χ2n) is 1.97. The van der Waals surface area contributed by atoms with Crippen molar-refractivity contribution in [2.24, 2.45) is 5.73 Å². The highest BCUT2D eigenvalue weighted by molar-refractivity contribution is 4.70. The lowest BCUT2D eigenvalue weighted by atomic mass is 10.1. The maximum absolute atomic E-state index is 12.4. The quantitative estimate of drug-likeness (QED) is 0.558. The molecule has 0 aliphatic rings. The monoisotopic (exact) mass is 105 g/mol. The van der Waals surface area contributed by atoms with Gasteiger partial charge in [0.05, 0.1) is 0 Å². The van der Waals surface area contributed by atoms with Crippen LogP contribution in [0.15, 0.2) is 0 Å². The van der Waals surface area contributed by atoms with Gasteiger partial charge < -0.3 is 5.73 Å². The lowest BCUT2D eigenvalue weighted by Gasteiger charge is -2.13. The van der Waals surface area contributed by atoms with Gasteiger partial charge in [0.15, 0.2) is 0 Å². The smallest absolute Gasteiger partial charge is 0.120 e. The molecule has 0 aliphatic carbocycles. The summed E-state index contributed by atoms with van der Waals surface area (Å²) < 4.78 is 12.4. The summed E-state index contributed by atoms with van der Waals surface area (Å²) in [6.45, 7) is 3.42. The predicted molar refractivity (Wildman–Crippen MR) is 28.9 cm³/mol. The van der Waals surface area contributed by atoms with E-state index in [0.717, 1.165) is 0 Å². The molecule has 0 rings (SSSR count). The highest BCUT2D eigenvalue weighted by Gasteiger charge is 2.16. The summed E-state index contributed by atoms with van der Waals surface area (Å²) in [5, 5.41) is 0. The lowest BCUT2D eigenvalue weighted by Crippen LogP contribution is -2.27. The molecule has 0 aromatic carbocycles. The van der Waals surface area contributed by atoms with Crippen LogP contribution >= 0.6 is 0 Å². The molecule has 0 fully saturated rings. The fourth-order valence-corrected chi connectivity index (χ4v) is 0.144. The van der Waals surface area contributed by atoms with Gasteiger partial charge in [-0.15, -0.1) is 0 Å². The molecule has 0 saturated carbocycles. The molecule has 0 bridgehead atoms. The van der Waals surface area contributed by atoms with Crippen LogP contribution in [0, 0.1) is 0 Å². The van der Waals surface area contributed by atoms with E-state index < -0.39 is 5.67 Å². The Bertz CT molecular complexity index is 46.0. The van der Waals surface area contributed by atoms with Crippen molar-refractivity contribution >= 4 is 0 Å². The summed E-state index contributed by atoms with van der Waals surface area (Å²) in [5.74, 6) is 0. The zero-order valence-electron chi connectivity index (χ0n) is 4.87. The van der Waals surface area contributed by atoms with E-state index in [-0.39, 0.29) is 6.54 Å². The minimum absolute atomic E-state index is 0.128. The normalized spacial score (nSPS) is 18.9. The molecule has 0 aromatic rings. The Balaban J connectivity index is 3.36. The van der Waals surface area contributed by atoms with E-state index in [1.807, 2.05) is 0 Å². The molecule has 2 N–H and O–H groups in total. The molecule has 44 valence electrons. The van der Waals surface area contributed by atoms with E-state index >= 15 is 0 Å². The third-order valence-electron chi connectivity index (χ3n) is 1.16. The SMILES string of the molecule is CC[C@@](C)(F)CN. The third-order valence-corrected chi connectivity index (χ3v) is 1.16. The number of halogens is 1. The Morgan fingerprint density at radius 1 is 1.71 bits per heavy atom. The fraction of sp³-hybridized carbons (Fsp3) is 1.00. The molecule has 1 atom stereocenters. The summed E-state index contributed by atoms with van der Waals surface area (Å²) in [6.07, 6.45) is 0.503. The highest BCUT2D eigenvalue weighted by Crippen LogP contribution is 2.10. The molecule has 0 aromatic heterocycles. The second kappa shape index (κ2) is 2.26. The predicted octanol–water partition coefficient (Wildman–Crippen LogP) is 1.08. The Labute approximate surface area is 43.7 Å². The van der Waals surface area contributed by atoms with Crippen LogP contribution in [-0.4, -0.2) is 12.2 Å². The van der Waals surface area contributed by atoms with Crippen LogP contribution in [0.2, 0.25) is 0 Å². The molecule has 2 heteroatoms. The Morgan fingerprint density at radius 2 is 2.14 bits per heavy atom. The average Bonchev–Trinajstić information content (AvgIpc) is 1.68. The summed E-state index contributed by atoms with van der Waals surface area (Å²) in [4.78, 5) is 0. The molecular weight excluding hydrogens is 93.1 g/mol. The van der Waals surface area contributed by atoms with E-state index in [4.69, 9.17) is 5.73 Å². The molecule has 0 aliphatic heterocycles. The van der Waals surface area contributed by atoms with Crippen molar-refractivity contribution in [1.82, 2.24) is 0 Å². The summed E-state index contributed by atoms with van der Waals surface area (Å²) in [6, 6.07) is 0. The summed E-state index contributed by atoms with van der Waals surface area (Å²) >= 11 is 0. The Kier molecular flexibility index (Phi) is 2.23. The molecule has 7 heavy (non-hydrogen) atoms. The van der Waals surface area contributed by atoms with Crippen molar-refractivity contribution in [3.8, 4) is 0 Å². The Morgan fingerprint density at radius 3 is 2.14 bits per heavy atom. The number of rotatable bonds is 2. The molecule has 0 saturated heterocycles. The van der Waals surface area contributed by atoms with E-state index in [0.29, 0.717) is 6.42 Å². The van der Waals surface area contributed by atoms with Crippen molar-refractivity contribution in [3.05, 3.63) is 0 Å². The van der Waals surface area contributed by atoms with Gasteiger partial charge >= 0.3 is 0 Å². The first-order valence-corrected chi connectivity index (χ1v) is 2.51. The topological polar surface area (TPSA) is 26.0 Å². The van der Waals surface area contributed by atoms with Crippen molar-refractivity contribution in [3.63, 3.8) is 0 Å². The summed E-state index contributed by atoms with van der Waals surface area (Å²) in [5.41, 5.74) is 3.90. The van der Waals surface area contributed by atoms with Crippen LogP contribution < -0.4 is 5.73 Å². The van der Waals surface area contributed by atoms with Crippen LogP contribution in [-0.2, 0) is 0 Å². The molecule has 0 radical (unpaired) electrons. The Hall–Kier alpha value is -0.110. The van der Waals surface area contributed by atoms with Gasteiger partial charge in [0, 0.05) is 6.54 Å². The van der Waals surface area contributed by atoms with Gasteiger partial charge in [0.2, 0.25) is 0 Å². The van der Waals surface area contributed by atoms with Crippen LogP contribution in [0.4, 0.5) is 4.39 Å². The maximum Gasteiger partial charge on any atom is 0.120 e. The third kappa shape index (κ3) is 2.57. The van der Waals surface area contributed by atoms with Crippen LogP contribution in [0.1, 0.15) is 20.3 Å². The van der Waals surface area contributed by atoms with Crippen LogP contribution in [0.25, 0.3) is 0 Å². The maximum atomic E-state index is 12.4. The van der Waals surface area contributed by atoms with E-state index in [1.54, 1.807) is 6.92 Å². The van der Waals surface area contributed by atoms with Gasteiger partial charge in [-0.1, -0.05) is 6.92 Å². The van der Waals surface area contributed by atoms with Gasteiger partial charge in [0.1, 0.15) is 5.67 Å². The van der Waals surface area contributed by atoms with Gasteiger partial charge in [-0.2, -0.15) is 0 Å². The number of hydrogen-bond acceptors (Lipinski definition) is 1. The molecule has 0 heterocycles. The van der Waals surface area contributed by atoms with Crippen molar-refractivity contribution in [1.29, 1.82) is 0 Å². The van der Waals surface area contributed by atoms with Gasteiger partial charge in [-0.05, 0) is 13.3 Å². The second-order valence-corrected chi connectivity index (χ2v) is 1.97. The molecule has 0 amide bonds. The molecule has 1 nitrogen and oxygen atoms in total. The first kappa shape index (κ1) is 6.89. The molecule has 0 unspecified atom stereocenters. The molecule has 0 spiro atoms. The van der Waals surface area contributed by atoms with Crippen LogP contribution in [0.5, 0.6) is 0 Å². The zero-order valence-corrected chi connectivity index (χ0v) is 4.87. The first-order valence-electron chi connectivity index (χ1n) is 2.51. The van der Waals surface area contributed by atoms with Gasteiger partial charge in [0.25, 0.3) is 0 Å². The number of hydrogen-bond donors (Lipinski definition) is 1. The van der Waals surface area contributed by atoms with Crippen LogP contribution in [0.3, 0.4) is 0 Å². The van der Waals surface area contributed by atoms with E-state index in [2.05, 4.69) is 0 Å². The lowest BCUT2D eigenvalue weighted by molar-refractivity contribution is 0.194. The van der Waals surface area contributed by atoms with Crippen molar-refractivity contribution in [2.75, 3.05) is 6.54 Å². The number of alkyl halides is 1. The summed E-state index contributed by atoms with van der Waals surface area (Å²) in [7, 11) is 0. The standard InChI is InChI=1S/C5H12FN/c1-3-5(2,6)4-7/h3-4,7H2,1-2H3/t5-/m1/s1. The largest absolute Gasteiger partial charge is 0.328 e. The zero-order chi connectivity index (χ0) is 5.91. The highest BCUT2D eigenvalue weighted by atomic mass is 19.1. The minimum Gasteiger partial charge on any atom is -0.328 e. The average molecular weight is 105 g/mol. The van der Waals surface area contributed by atoms with Gasteiger partial charge in [-0.3, -0.25) is 0 Å². The van der Waals surface area contributed by atoms with Crippen molar-refractivity contribution in [2.45, 2.75) is 25.9 Å². The minimum atomic E-state index is -1.14. The molecular formula is C5H12FN.